The maximum Gasteiger partial charge on any atom is 0.338 e. The highest BCUT2D eigenvalue weighted by molar-refractivity contribution is 5.95. The van der Waals surface area contributed by atoms with Gasteiger partial charge in [0.1, 0.15) is 0 Å². The minimum Gasteiger partial charge on any atom is -0.452 e. The summed E-state index contributed by atoms with van der Waals surface area (Å²) in [5.74, 6) is -1.37. The van der Waals surface area contributed by atoms with Gasteiger partial charge in [-0.3, -0.25) is 14.9 Å². The minimum atomic E-state index is -0.826. The molecule has 132 valence electrons. The zero-order chi connectivity index (χ0) is 19.1. The van der Waals surface area contributed by atoms with Gasteiger partial charge in [0.15, 0.2) is 6.61 Å². The second-order valence-electron chi connectivity index (χ2n) is 5.41. The Bertz CT molecular complexity index is 885. The van der Waals surface area contributed by atoms with Gasteiger partial charge >= 0.3 is 5.97 Å². The molecule has 0 fully saturated rings. The summed E-state index contributed by atoms with van der Waals surface area (Å²) in [7, 11) is 0. The monoisotopic (exact) mass is 353 g/mol. The molecule has 1 N–H and O–H groups in total. The van der Waals surface area contributed by atoms with Gasteiger partial charge in [0.05, 0.1) is 23.0 Å². The predicted molar refractivity (Wildman–Crippen MR) is 92.5 cm³/mol. The number of hydrogen-bond acceptors (Lipinski definition) is 6. The number of aryl methyl sites for hydroxylation is 1. The number of esters is 1. The first-order chi connectivity index (χ1) is 12.4. The van der Waals surface area contributed by atoms with E-state index in [9.17, 15) is 19.7 Å². The van der Waals surface area contributed by atoms with Crippen LogP contribution in [0.25, 0.3) is 0 Å². The first-order valence-corrected chi connectivity index (χ1v) is 7.58. The largest absolute Gasteiger partial charge is 0.452 e. The Morgan fingerprint density at radius 1 is 1.23 bits per heavy atom. The quantitative estimate of drug-likeness (QED) is 0.484. The first kappa shape index (κ1) is 18.6. The van der Waals surface area contributed by atoms with Crippen molar-refractivity contribution in [2.75, 3.05) is 11.9 Å². The average Bonchev–Trinajstić information content (AvgIpc) is 2.61. The predicted octanol–water partition coefficient (Wildman–Crippen LogP) is 2.76. The Balaban J connectivity index is 1.92. The molecule has 8 nitrogen and oxygen atoms in total. The van der Waals surface area contributed by atoms with Gasteiger partial charge in [-0.05, 0) is 30.7 Å². The van der Waals surface area contributed by atoms with Crippen molar-refractivity contribution in [3.05, 3.63) is 69.3 Å². The number of nitrogens with one attached hydrogen (secondary N) is 1. The number of nitro benzene ring substituents is 1. The van der Waals surface area contributed by atoms with Crippen molar-refractivity contribution in [2.45, 2.75) is 13.3 Å². The van der Waals surface area contributed by atoms with Crippen LogP contribution in [0.1, 0.15) is 21.5 Å². The lowest BCUT2D eigenvalue weighted by molar-refractivity contribution is -0.385. The highest BCUT2D eigenvalue weighted by atomic mass is 16.6. The second kappa shape index (κ2) is 8.39. The molecule has 2 aromatic carbocycles. The van der Waals surface area contributed by atoms with E-state index in [-0.39, 0.29) is 17.7 Å². The highest BCUT2D eigenvalue weighted by Crippen LogP contribution is 2.19. The molecule has 0 saturated heterocycles. The fraction of sp³-hybridized carbons (Fsp3) is 0.167. The van der Waals surface area contributed by atoms with Gasteiger partial charge < -0.3 is 10.1 Å². The van der Waals surface area contributed by atoms with Gasteiger partial charge in [-0.15, -0.1) is 0 Å². The van der Waals surface area contributed by atoms with Crippen LogP contribution in [0.2, 0.25) is 0 Å². The van der Waals surface area contributed by atoms with Crippen LogP contribution in [0.5, 0.6) is 0 Å². The summed E-state index contributed by atoms with van der Waals surface area (Å²) >= 11 is 0. The molecule has 0 unspecified atom stereocenters. The van der Waals surface area contributed by atoms with Crippen LogP contribution in [-0.2, 0) is 16.0 Å². The van der Waals surface area contributed by atoms with Crippen molar-refractivity contribution in [1.82, 2.24) is 0 Å². The molecule has 26 heavy (non-hydrogen) atoms. The van der Waals surface area contributed by atoms with Crippen LogP contribution in [0.3, 0.4) is 0 Å². The molecule has 0 radical (unpaired) electrons. The molecule has 2 rings (SSSR count). The third kappa shape index (κ3) is 4.88. The van der Waals surface area contributed by atoms with E-state index < -0.39 is 23.4 Å². The molecule has 8 heteroatoms. The first-order valence-electron chi connectivity index (χ1n) is 7.58. The molecule has 0 aliphatic carbocycles. The summed E-state index contributed by atoms with van der Waals surface area (Å²) in [6.07, 6.45) is 0.272. The number of ether oxygens (including phenoxy) is 1. The van der Waals surface area contributed by atoms with Crippen molar-refractivity contribution in [3.8, 4) is 6.07 Å². The van der Waals surface area contributed by atoms with Crippen LogP contribution in [0.4, 0.5) is 11.4 Å². The van der Waals surface area contributed by atoms with Gasteiger partial charge in [0, 0.05) is 17.3 Å². The van der Waals surface area contributed by atoms with E-state index in [1.54, 1.807) is 31.2 Å². The normalized spacial score (nSPS) is 9.85. The third-order valence-corrected chi connectivity index (χ3v) is 3.50. The summed E-state index contributed by atoms with van der Waals surface area (Å²) < 4.78 is 4.88. The molecule has 0 aliphatic heterocycles. The number of hydrogen-bond donors (Lipinski definition) is 1. The van der Waals surface area contributed by atoms with Crippen molar-refractivity contribution >= 4 is 23.3 Å². The summed E-state index contributed by atoms with van der Waals surface area (Å²) in [5.41, 5.74) is 1.54. The van der Waals surface area contributed by atoms with Crippen molar-refractivity contribution in [1.29, 1.82) is 5.26 Å². The molecule has 0 heterocycles. The van der Waals surface area contributed by atoms with Gasteiger partial charge in [-0.2, -0.15) is 5.26 Å². The molecule has 0 aliphatic rings. The number of rotatable bonds is 6. The fourth-order valence-electron chi connectivity index (χ4n) is 2.14. The van der Waals surface area contributed by atoms with E-state index in [4.69, 9.17) is 10.00 Å². The molecule has 0 atom stereocenters. The zero-order valence-electron chi connectivity index (χ0n) is 13.9. The molecule has 0 spiro atoms. The summed E-state index contributed by atoms with van der Waals surface area (Å²) in [6.45, 7) is 1.03. The molecule has 2 aromatic rings. The van der Waals surface area contributed by atoms with Gasteiger partial charge in [-0.1, -0.05) is 18.2 Å². The van der Waals surface area contributed by atoms with Crippen molar-refractivity contribution < 1.29 is 19.2 Å². The number of carbonyl (C=O) groups excluding carboxylic acids is 2. The number of nitro groups is 1. The van der Waals surface area contributed by atoms with Crippen molar-refractivity contribution in [2.24, 2.45) is 0 Å². The van der Waals surface area contributed by atoms with E-state index in [2.05, 4.69) is 5.32 Å². The van der Waals surface area contributed by atoms with E-state index in [1.807, 2.05) is 6.07 Å². The van der Waals surface area contributed by atoms with E-state index in [1.165, 1.54) is 12.1 Å². The summed E-state index contributed by atoms with van der Waals surface area (Å²) in [6, 6.07) is 12.7. The minimum absolute atomic E-state index is 0.00374. The number of anilines is 1. The molecule has 0 saturated carbocycles. The lowest BCUT2D eigenvalue weighted by Crippen LogP contribution is -2.21. The maximum atomic E-state index is 11.9. The van der Waals surface area contributed by atoms with Crippen LogP contribution in [0, 0.1) is 28.4 Å². The molecule has 0 aromatic heterocycles. The number of carbonyl (C=O) groups is 2. The molecule has 1 amide bonds. The van der Waals surface area contributed by atoms with Crippen LogP contribution < -0.4 is 5.32 Å². The van der Waals surface area contributed by atoms with Crippen LogP contribution >= 0.6 is 0 Å². The lowest BCUT2D eigenvalue weighted by Gasteiger charge is -2.07. The third-order valence-electron chi connectivity index (χ3n) is 3.50. The number of nitriles is 1. The molecular formula is C18H15N3O5. The Morgan fingerprint density at radius 3 is 2.54 bits per heavy atom. The summed E-state index contributed by atoms with van der Waals surface area (Å²) in [5, 5.41) is 22.1. The second-order valence-corrected chi connectivity index (χ2v) is 5.41. The van der Waals surface area contributed by atoms with Gasteiger partial charge in [-0.25, -0.2) is 4.79 Å². The Hall–Kier alpha value is -3.73. The van der Waals surface area contributed by atoms with Crippen LogP contribution in [0.15, 0.2) is 42.5 Å². The SMILES string of the molecule is Cc1ccc(C(=O)OCC(=O)Nc2ccc(CC#N)cc2)cc1[N+](=O)[O-]. The number of benzene rings is 2. The van der Waals surface area contributed by atoms with E-state index >= 15 is 0 Å². The number of amides is 1. The fourth-order valence-corrected chi connectivity index (χ4v) is 2.14. The maximum absolute atomic E-state index is 11.9. The highest BCUT2D eigenvalue weighted by Gasteiger charge is 2.16. The van der Waals surface area contributed by atoms with E-state index in [0.717, 1.165) is 11.6 Å². The van der Waals surface area contributed by atoms with Gasteiger partial charge in [0.25, 0.3) is 11.6 Å². The topological polar surface area (TPSA) is 122 Å². The molecule has 0 bridgehead atoms. The van der Waals surface area contributed by atoms with E-state index in [0.29, 0.717) is 11.3 Å². The zero-order valence-corrected chi connectivity index (χ0v) is 13.9. The Morgan fingerprint density at radius 2 is 1.92 bits per heavy atom. The average molecular weight is 353 g/mol. The van der Waals surface area contributed by atoms with Gasteiger partial charge in [0.2, 0.25) is 0 Å². The van der Waals surface area contributed by atoms with Crippen molar-refractivity contribution in [3.63, 3.8) is 0 Å². The summed E-state index contributed by atoms with van der Waals surface area (Å²) in [4.78, 5) is 34.1. The number of nitrogens with zero attached hydrogens (tertiary/aromatic N) is 2. The smallest absolute Gasteiger partial charge is 0.338 e. The lowest BCUT2D eigenvalue weighted by atomic mass is 10.1. The van der Waals surface area contributed by atoms with Crippen LogP contribution in [-0.4, -0.2) is 23.4 Å². The Kier molecular flexibility index (Phi) is 6.01. The standard InChI is InChI=1S/C18H15N3O5/c1-12-2-5-14(10-16(12)21(24)25)18(23)26-11-17(22)20-15-6-3-13(4-7-15)8-9-19/h2-7,10H,8,11H2,1H3,(H,20,22). The Labute approximate surface area is 149 Å². The molecular weight excluding hydrogens is 338 g/mol.